The zero-order valence-corrected chi connectivity index (χ0v) is 13.6. The molecule has 1 N–H and O–H groups in total. The predicted molar refractivity (Wildman–Crippen MR) is 90.4 cm³/mol. The zero-order valence-electron chi connectivity index (χ0n) is 12.0. The molecule has 3 rings (SSSR count). The Kier molecular flexibility index (Phi) is 4.09. The second-order valence-corrected chi connectivity index (χ2v) is 6.25. The van der Waals surface area contributed by atoms with Gasteiger partial charge in [-0.15, -0.1) is 0 Å². The van der Waals surface area contributed by atoms with Crippen molar-refractivity contribution in [3.8, 4) is 0 Å². The van der Waals surface area contributed by atoms with Crippen LogP contribution in [0.5, 0.6) is 0 Å². The van der Waals surface area contributed by atoms with Gasteiger partial charge in [0.2, 0.25) is 0 Å². The van der Waals surface area contributed by atoms with Crippen LogP contribution in [0.25, 0.3) is 6.08 Å². The van der Waals surface area contributed by atoms with E-state index in [2.05, 4.69) is 10.3 Å². The molecule has 0 unspecified atom stereocenters. The van der Waals surface area contributed by atoms with Gasteiger partial charge < -0.3 is 9.73 Å². The minimum atomic E-state index is -0.183. The summed E-state index contributed by atoms with van der Waals surface area (Å²) in [7, 11) is 0. The van der Waals surface area contributed by atoms with Crippen molar-refractivity contribution in [3.05, 3.63) is 57.3 Å². The number of carbonyl (C=O) groups excluding carboxylic acids is 1. The lowest BCUT2D eigenvalue weighted by molar-refractivity contribution is -0.115. The number of aliphatic imine (C=N–C) groups is 1. The molecular formula is C16H13ClN2O2S. The van der Waals surface area contributed by atoms with E-state index in [-0.39, 0.29) is 5.91 Å². The van der Waals surface area contributed by atoms with Gasteiger partial charge in [-0.1, -0.05) is 17.7 Å². The Labute approximate surface area is 137 Å². The molecule has 4 nitrogen and oxygen atoms in total. The number of benzene rings is 1. The lowest BCUT2D eigenvalue weighted by Gasteiger charge is -2.02. The number of furan rings is 1. The number of carbonyl (C=O) groups is 1. The van der Waals surface area contributed by atoms with Gasteiger partial charge in [-0.25, -0.2) is 4.99 Å². The van der Waals surface area contributed by atoms with Gasteiger partial charge in [0.25, 0.3) is 5.91 Å². The van der Waals surface area contributed by atoms with Crippen molar-refractivity contribution in [2.75, 3.05) is 0 Å². The minimum Gasteiger partial charge on any atom is -0.462 e. The van der Waals surface area contributed by atoms with E-state index in [1.165, 1.54) is 11.8 Å². The van der Waals surface area contributed by atoms with Crippen molar-refractivity contribution < 1.29 is 9.21 Å². The van der Waals surface area contributed by atoms with E-state index < -0.39 is 0 Å². The summed E-state index contributed by atoms with van der Waals surface area (Å²) in [5.41, 5.74) is 1.62. The summed E-state index contributed by atoms with van der Waals surface area (Å²) in [6.45, 7) is 3.75. The van der Waals surface area contributed by atoms with Crippen LogP contribution in [-0.2, 0) is 4.79 Å². The molecule has 0 bridgehead atoms. The van der Waals surface area contributed by atoms with Crippen LogP contribution in [-0.4, -0.2) is 11.1 Å². The second-order valence-electron chi connectivity index (χ2n) is 4.81. The van der Waals surface area contributed by atoms with Crippen molar-refractivity contribution in [3.63, 3.8) is 0 Å². The Bertz CT molecular complexity index is 808. The summed E-state index contributed by atoms with van der Waals surface area (Å²) in [6.07, 6.45) is 1.71. The highest BCUT2D eigenvalue weighted by Gasteiger charge is 2.24. The number of thioether (sulfide) groups is 1. The molecule has 0 saturated carbocycles. The van der Waals surface area contributed by atoms with E-state index in [9.17, 15) is 4.79 Å². The standard InChI is InChI=1S/C16H13ClN2O2S/c1-9-6-7-11(21-9)8-14-15(20)19-16(22-14)18-13-5-3-4-12(17)10(13)2/h3-8H,1-2H3,(H,18,19,20)/b14-8+. The van der Waals surface area contributed by atoms with Crippen LogP contribution in [0.15, 0.2) is 44.6 Å². The molecule has 1 amide bonds. The Morgan fingerprint density at radius 2 is 2.09 bits per heavy atom. The van der Waals surface area contributed by atoms with Crippen molar-refractivity contribution in [1.82, 2.24) is 5.32 Å². The highest BCUT2D eigenvalue weighted by Crippen LogP contribution is 2.31. The lowest BCUT2D eigenvalue weighted by Crippen LogP contribution is -2.19. The first-order chi connectivity index (χ1) is 10.5. The molecule has 112 valence electrons. The monoisotopic (exact) mass is 332 g/mol. The van der Waals surface area contributed by atoms with E-state index in [0.717, 1.165) is 17.0 Å². The van der Waals surface area contributed by atoms with E-state index in [0.29, 0.717) is 20.9 Å². The van der Waals surface area contributed by atoms with E-state index >= 15 is 0 Å². The molecule has 1 aliphatic heterocycles. The molecule has 1 saturated heterocycles. The second kappa shape index (κ2) is 6.02. The number of hydrogen-bond acceptors (Lipinski definition) is 4. The summed E-state index contributed by atoms with van der Waals surface area (Å²) >= 11 is 7.36. The Balaban J connectivity index is 1.87. The summed E-state index contributed by atoms with van der Waals surface area (Å²) in [6, 6.07) is 9.18. The molecule has 1 aliphatic rings. The average Bonchev–Trinajstić information content (AvgIpc) is 3.02. The zero-order chi connectivity index (χ0) is 15.7. The maximum absolute atomic E-state index is 12.0. The SMILES string of the molecule is Cc1ccc(/C=C2/SC(=Nc3cccc(Cl)c3C)NC2=O)o1. The molecule has 1 aromatic heterocycles. The molecule has 0 spiro atoms. The molecular weight excluding hydrogens is 320 g/mol. The molecule has 22 heavy (non-hydrogen) atoms. The summed E-state index contributed by atoms with van der Waals surface area (Å²) in [5, 5.41) is 3.93. The van der Waals surface area contributed by atoms with Gasteiger partial charge in [-0.05, 0) is 55.4 Å². The molecule has 2 heterocycles. The topological polar surface area (TPSA) is 54.6 Å². The van der Waals surface area contributed by atoms with Gasteiger partial charge in [0.05, 0.1) is 10.6 Å². The van der Waals surface area contributed by atoms with Crippen molar-refractivity contribution in [2.45, 2.75) is 13.8 Å². The van der Waals surface area contributed by atoms with Gasteiger partial charge in [-0.2, -0.15) is 0 Å². The minimum absolute atomic E-state index is 0.183. The molecule has 1 fully saturated rings. The Morgan fingerprint density at radius 3 is 2.82 bits per heavy atom. The number of nitrogens with one attached hydrogen (secondary N) is 1. The van der Waals surface area contributed by atoms with E-state index in [4.69, 9.17) is 16.0 Å². The van der Waals surface area contributed by atoms with Crippen LogP contribution < -0.4 is 5.32 Å². The molecule has 6 heteroatoms. The van der Waals surface area contributed by atoms with Gasteiger partial charge >= 0.3 is 0 Å². The fraction of sp³-hybridized carbons (Fsp3) is 0.125. The van der Waals surface area contributed by atoms with Crippen LogP contribution in [0.2, 0.25) is 5.02 Å². The Morgan fingerprint density at radius 1 is 1.27 bits per heavy atom. The van der Waals surface area contributed by atoms with E-state index in [1.54, 1.807) is 6.08 Å². The molecule has 2 aromatic rings. The quantitative estimate of drug-likeness (QED) is 0.827. The Hall–Kier alpha value is -1.98. The first-order valence-electron chi connectivity index (χ1n) is 6.64. The van der Waals surface area contributed by atoms with Crippen LogP contribution >= 0.6 is 23.4 Å². The van der Waals surface area contributed by atoms with E-state index in [1.807, 2.05) is 44.2 Å². The van der Waals surface area contributed by atoms with Crippen LogP contribution in [0.3, 0.4) is 0 Å². The summed E-state index contributed by atoms with van der Waals surface area (Å²) < 4.78 is 5.46. The number of amides is 1. The summed E-state index contributed by atoms with van der Waals surface area (Å²) in [5.74, 6) is 1.27. The highest BCUT2D eigenvalue weighted by molar-refractivity contribution is 8.18. The largest absolute Gasteiger partial charge is 0.462 e. The molecule has 0 radical (unpaired) electrons. The third kappa shape index (κ3) is 3.10. The van der Waals surface area contributed by atoms with Crippen molar-refractivity contribution >= 4 is 46.2 Å². The van der Waals surface area contributed by atoms with Gasteiger partial charge in [0.1, 0.15) is 11.5 Å². The van der Waals surface area contributed by atoms with Gasteiger partial charge in [0.15, 0.2) is 5.17 Å². The number of rotatable bonds is 2. The predicted octanol–water partition coefficient (Wildman–Crippen LogP) is 4.44. The first kappa shape index (κ1) is 14.9. The maximum Gasteiger partial charge on any atom is 0.264 e. The van der Waals surface area contributed by atoms with Crippen LogP contribution in [0.1, 0.15) is 17.1 Å². The van der Waals surface area contributed by atoms with Crippen molar-refractivity contribution in [1.29, 1.82) is 0 Å². The average molecular weight is 333 g/mol. The molecule has 1 aromatic carbocycles. The number of nitrogens with zero attached hydrogens (tertiary/aromatic N) is 1. The van der Waals surface area contributed by atoms with Crippen LogP contribution in [0, 0.1) is 13.8 Å². The highest BCUT2D eigenvalue weighted by atomic mass is 35.5. The van der Waals surface area contributed by atoms with Gasteiger partial charge in [-0.3, -0.25) is 4.79 Å². The van der Waals surface area contributed by atoms with Crippen LogP contribution in [0.4, 0.5) is 5.69 Å². The smallest absolute Gasteiger partial charge is 0.264 e. The van der Waals surface area contributed by atoms with Crippen molar-refractivity contribution in [2.24, 2.45) is 4.99 Å². The van der Waals surface area contributed by atoms with Gasteiger partial charge in [0, 0.05) is 11.1 Å². The number of halogens is 1. The fourth-order valence-electron chi connectivity index (χ4n) is 1.97. The summed E-state index contributed by atoms with van der Waals surface area (Å²) in [4.78, 5) is 17.0. The molecule has 0 atom stereocenters. The normalized spacial score (nSPS) is 18.2. The number of amidine groups is 1. The third-order valence-electron chi connectivity index (χ3n) is 3.15. The fourth-order valence-corrected chi connectivity index (χ4v) is 2.95. The third-order valence-corrected chi connectivity index (χ3v) is 4.47. The lowest BCUT2D eigenvalue weighted by atomic mass is 10.2. The molecule has 0 aliphatic carbocycles. The number of aryl methyl sites for hydroxylation is 1. The maximum atomic E-state index is 12.0. The number of hydrogen-bond donors (Lipinski definition) is 1. The first-order valence-corrected chi connectivity index (χ1v) is 7.83.